The molecule has 134 valence electrons. The Kier molecular flexibility index (Phi) is 4.93. The van der Waals surface area contributed by atoms with Crippen LogP contribution in [0, 0.1) is 6.92 Å². The molecule has 2 aromatic heterocycles. The van der Waals surface area contributed by atoms with Crippen molar-refractivity contribution in [1.29, 1.82) is 0 Å². The summed E-state index contributed by atoms with van der Waals surface area (Å²) in [4.78, 5) is 11.0. The van der Waals surface area contributed by atoms with E-state index in [0.29, 0.717) is 6.04 Å². The normalized spacial score (nSPS) is 17.4. The molecule has 0 saturated carbocycles. The van der Waals surface area contributed by atoms with Gasteiger partial charge in [-0.15, -0.1) is 0 Å². The van der Waals surface area contributed by atoms with Crippen LogP contribution in [0.15, 0.2) is 55.1 Å². The van der Waals surface area contributed by atoms with Crippen LogP contribution in [-0.4, -0.2) is 38.9 Å². The molecule has 6 heteroatoms. The predicted octanol–water partition coefficient (Wildman–Crippen LogP) is 2.73. The van der Waals surface area contributed by atoms with E-state index in [1.807, 2.05) is 23.0 Å². The number of hydrogen-bond acceptors (Lipinski definition) is 5. The average molecular weight is 348 g/mol. The average Bonchev–Trinajstić information content (AvgIpc) is 3.16. The second kappa shape index (κ2) is 7.66. The predicted molar refractivity (Wildman–Crippen MR) is 102 cm³/mol. The molecule has 0 radical (unpaired) electrons. The smallest absolute Gasteiger partial charge is 0.225 e. The molecule has 1 aliphatic heterocycles. The van der Waals surface area contributed by atoms with Gasteiger partial charge in [0.15, 0.2) is 0 Å². The van der Waals surface area contributed by atoms with Crippen LogP contribution >= 0.6 is 0 Å². The van der Waals surface area contributed by atoms with Crippen molar-refractivity contribution in [3.05, 3.63) is 66.2 Å². The molecule has 1 fully saturated rings. The molecule has 3 heterocycles. The fourth-order valence-corrected chi connectivity index (χ4v) is 3.45. The summed E-state index contributed by atoms with van der Waals surface area (Å²) >= 11 is 0. The van der Waals surface area contributed by atoms with Crippen LogP contribution in [0.2, 0.25) is 0 Å². The lowest BCUT2D eigenvalue weighted by atomic mass is 10.1. The van der Waals surface area contributed by atoms with E-state index in [4.69, 9.17) is 0 Å². The summed E-state index contributed by atoms with van der Waals surface area (Å²) in [6, 6.07) is 10.6. The molecule has 4 rings (SSSR count). The Morgan fingerprint density at radius 3 is 2.85 bits per heavy atom. The van der Waals surface area contributed by atoms with E-state index in [2.05, 4.69) is 56.6 Å². The summed E-state index contributed by atoms with van der Waals surface area (Å²) in [5.41, 5.74) is 3.55. The highest BCUT2D eigenvalue weighted by Gasteiger charge is 2.21. The molecule has 0 amide bonds. The quantitative estimate of drug-likeness (QED) is 0.768. The Morgan fingerprint density at radius 1 is 1.15 bits per heavy atom. The van der Waals surface area contributed by atoms with Crippen molar-refractivity contribution in [3.8, 4) is 5.69 Å². The zero-order valence-electron chi connectivity index (χ0n) is 15.0. The number of nitrogens with one attached hydrogen (secondary N) is 1. The molecule has 1 aliphatic rings. The number of aryl methyl sites for hydroxylation is 1. The molecule has 6 nitrogen and oxygen atoms in total. The first kappa shape index (κ1) is 16.7. The van der Waals surface area contributed by atoms with E-state index in [9.17, 15) is 0 Å². The number of aromatic nitrogens is 4. The van der Waals surface area contributed by atoms with Gasteiger partial charge in [-0.25, -0.2) is 14.6 Å². The Balaban J connectivity index is 1.36. The van der Waals surface area contributed by atoms with Crippen LogP contribution in [0.3, 0.4) is 0 Å². The molecule has 0 unspecified atom stereocenters. The van der Waals surface area contributed by atoms with Gasteiger partial charge in [-0.2, -0.15) is 5.10 Å². The standard InChI is InChI=1S/C20H24N6/c1-16-6-2-3-8-19(16)26-14-17(13-24-26)12-23-18-7-4-11-25(15-18)20-21-9-5-10-22-20/h2-3,5-6,8-10,13-14,18,23H,4,7,11-12,15H2,1H3/t18-/m0/s1. The summed E-state index contributed by atoms with van der Waals surface area (Å²) in [6.07, 6.45) is 9.99. The minimum atomic E-state index is 0.439. The third-order valence-corrected chi connectivity index (χ3v) is 4.85. The minimum absolute atomic E-state index is 0.439. The first-order valence-electron chi connectivity index (χ1n) is 9.14. The van der Waals surface area contributed by atoms with E-state index in [1.54, 1.807) is 12.4 Å². The maximum atomic E-state index is 4.52. The van der Waals surface area contributed by atoms with Gasteiger partial charge in [0.05, 0.1) is 11.9 Å². The third kappa shape index (κ3) is 3.75. The van der Waals surface area contributed by atoms with E-state index >= 15 is 0 Å². The van der Waals surface area contributed by atoms with Crippen molar-refractivity contribution >= 4 is 5.95 Å². The fourth-order valence-electron chi connectivity index (χ4n) is 3.45. The van der Waals surface area contributed by atoms with Crippen molar-refractivity contribution in [1.82, 2.24) is 25.1 Å². The first-order chi connectivity index (χ1) is 12.8. The number of para-hydroxylation sites is 1. The Hall–Kier alpha value is -2.73. The summed E-state index contributed by atoms with van der Waals surface area (Å²) in [5.74, 6) is 0.825. The Morgan fingerprint density at radius 2 is 2.00 bits per heavy atom. The largest absolute Gasteiger partial charge is 0.339 e. The van der Waals surface area contributed by atoms with Crippen LogP contribution in [0.25, 0.3) is 5.69 Å². The molecule has 1 N–H and O–H groups in total. The Labute approximate surface area is 153 Å². The minimum Gasteiger partial charge on any atom is -0.339 e. The second-order valence-electron chi connectivity index (χ2n) is 6.79. The van der Waals surface area contributed by atoms with E-state index in [1.165, 1.54) is 17.5 Å². The van der Waals surface area contributed by atoms with Gasteiger partial charge in [0.1, 0.15) is 0 Å². The van der Waals surface area contributed by atoms with Gasteiger partial charge in [-0.1, -0.05) is 18.2 Å². The lowest BCUT2D eigenvalue weighted by molar-refractivity contribution is 0.418. The monoisotopic (exact) mass is 348 g/mol. The molecule has 0 bridgehead atoms. The molecule has 0 aliphatic carbocycles. The van der Waals surface area contributed by atoms with Crippen LogP contribution in [0.5, 0.6) is 0 Å². The maximum absolute atomic E-state index is 4.52. The number of piperidine rings is 1. The first-order valence-corrected chi connectivity index (χ1v) is 9.14. The third-order valence-electron chi connectivity index (χ3n) is 4.85. The van der Waals surface area contributed by atoms with Crippen molar-refractivity contribution in [2.45, 2.75) is 32.4 Å². The van der Waals surface area contributed by atoms with Crippen LogP contribution < -0.4 is 10.2 Å². The number of anilines is 1. The van der Waals surface area contributed by atoms with Crippen LogP contribution in [0.1, 0.15) is 24.0 Å². The topological polar surface area (TPSA) is 58.9 Å². The van der Waals surface area contributed by atoms with E-state index < -0.39 is 0 Å². The number of nitrogens with zero attached hydrogens (tertiary/aromatic N) is 5. The van der Waals surface area contributed by atoms with Crippen LogP contribution in [0.4, 0.5) is 5.95 Å². The van der Waals surface area contributed by atoms with E-state index in [0.717, 1.165) is 37.7 Å². The van der Waals surface area contributed by atoms with Gasteiger partial charge in [0, 0.05) is 49.8 Å². The van der Waals surface area contributed by atoms with Crippen molar-refractivity contribution in [3.63, 3.8) is 0 Å². The SMILES string of the molecule is Cc1ccccc1-n1cc(CN[C@H]2CCCN(c3ncccn3)C2)cn1. The van der Waals surface area contributed by atoms with Crippen molar-refractivity contribution < 1.29 is 0 Å². The van der Waals surface area contributed by atoms with Crippen molar-refractivity contribution in [2.75, 3.05) is 18.0 Å². The molecular formula is C20H24N6. The molecule has 3 aromatic rings. The molecule has 26 heavy (non-hydrogen) atoms. The Bertz CT molecular complexity index is 844. The van der Waals surface area contributed by atoms with Gasteiger partial charge in [-0.3, -0.25) is 0 Å². The molecule has 0 spiro atoms. The molecule has 1 aromatic carbocycles. The zero-order valence-corrected chi connectivity index (χ0v) is 15.0. The summed E-state index contributed by atoms with van der Waals surface area (Å²) in [5, 5.41) is 8.19. The van der Waals surface area contributed by atoms with E-state index in [-0.39, 0.29) is 0 Å². The summed E-state index contributed by atoms with van der Waals surface area (Å²) < 4.78 is 1.96. The van der Waals surface area contributed by atoms with Crippen molar-refractivity contribution in [2.24, 2.45) is 0 Å². The molecular weight excluding hydrogens is 324 g/mol. The highest BCUT2D eigenvalue weighted by molar-refractivity contribution is 5.39. The highest BCUT2D eigenvalue weighted by Crippen LogP contribution is 2.16. The highest BCUT2D eigenvalue weighted by atomic mass is 15.3. The molecule has 1 atom stereocenters. The summed E-state index contributed by atoms with van der Waals surface area (Å²) in [7, 11) is 0. The second-order valence-corrected chi connectivity index (χ2v) is 6.79. The van der Waals surface area contributed by atoms with Crippen LogP contribution in [-0.2, 0) is 6.54 Å². The summed E-state index contributed by atoms with van der Waals surface area (Å²) in [6.45, 7) is 4.89. The maximum Gasteiger partial charge on any atom is 0.225 e. The zero-order chi connectivity index (χ0) is 17.8. The lowest BCUT2D eigenvalue weighted by Gasteiger charge is -2.33. The number of hydrogen-bond donors (Lipinski definition) is 1. The van der Waals surface area contributed by atoms with Gasteiger partial charge >= 0.3 is 0 Å². The fraction of sp³-hybridized carbons (Fsp3) is 0.350. The number of benzene rings is 1. The van der Waals surface area contributed by atoms with Gasteiger partial charge in [0.2, 0.25) is 5.95 Å². The lowest BCUT2D eigenvalue weighted by Crippen LogP contribution is -2.46. The van der Waals surface area contributed by atoms with Gasteiger partial charge in [-0.05, 0) is 37.5 Å². The van der Waals surface area contributed by atoms with Gasteiger partial charge < -0.3 is 10.2 Å². The van der Waals surface area contributed by atoms with Gasteiger partial charge in [0.25, 0.3) is 0 Å². The molecule has 1 saturated heterocycles. The number of rotatable bonds is 5.